The predicted octanol–water partition coefficient (Wildman–Crippen LogP) is 4.02. The first kappa shape index (κ1) is 21.1. The van der Waals surface area contributed by atoms with Gasteiger partial charge in [-0.3, -0.25) is 19.0 Å². The molecule has 0 saturated heterocycles. The van der Waals surface area contributed by atoms with E-state index in [2.05, 4.69) is 5.32 Å². The van der Waals surface area contributed by atoms with Crippen LogP contribution < -0.4 is 10.1 Å². The van der Waals surface area contributed by atoms with E-state index in [9.17, 15) is 14.4 Å². The summed E-state index contributed by atoms with van der Waals surface area (Å²) in [5.41, 5.74) is 5.51. The molecule has 0 unspecified atom stereocenters. The highest BCUT2D eigenvalue weighted by Gasteiger charge is 2.26. The van der Waals surface area contributed by atoms with Gasteiger partial charge in [0.2, 0.25) is 6.41 Å². The number of methoxy groups -OCH3 is 1. The molecule has 0 radical (unpaired) electrons. The molecule has 1 aromatic heterocycles. The summed E-state index contributed by atoms with van der Waals surface area (Å²) >= 11 is 0. The van der Waals surface area contributed by atoms with Crippen LogP contribution in [0.15, 0.2) is 48.5 Å². The third-order valence-electron chi connectivity index (χ3n) is 5.57. The number of carbonyl (C=O) groups is 3. The number of nitrogens with one attached hydrogen (secondary N) is 1. The van der Waals surface area contributed by atoms with E-state index in [4.69, 9.17) is 9.84 Å². The summed E-state index contributed by atoms with van der Waals surface area (Å²) in [4.78, 5) is 35.5. The number of aromatic nitrogens is 1. The van der Waals surface area contributed by atoms with E-state index < -0.39 is 5.97 Å². The Hall–Kier alpha value is -4.13. The molecule has 0 atom stereocenters. The van der Waals surface area contributed by atoms with Gasteiger partial charge in [0.25, 0.3) is 5.91 Å². The van der Waals surface area contributed by atoms with Gasteiger partial charge in [-0.15, -0.1) is 0 Å². The maximum absolute atomic E-state index is 12.8. The number of ether oxygens (including phenoxy) is 1. The summed E-state index contributed by atoms with van der Waals surface area (Å²) in [6, 6.07) is 15.1. The largest absolute Gasteiger partial charge is 0.496 e. The van der Waals surface area contributed by atoms with Gasteiger partial charge in [-0.1, -0.05) is 30.3 Å². The number of carbonyl (C=O) groups excluding carboxylic acids is 2. The molecule has 1 aliphatic heterocycles. The smallest absolute Gasteiger partial charge is 0.303 e. The van der Waals surface area contributed by atoms with Crippen molar-refractivity contribution >= 4 is 35.6 Å². The molecule has 0 aliphatic carbocycles. The highest BCUT2D eigenvalue weighted by atomic mass is 16.5. The molecule has 1 aliphatic rings. The number of rotatable bonds is 7. The van der Waals surface area contributed by atoms with Gasteiger partial charge in [0, 0.05) is 28.9 Å². The summed E-state index contributed by atoms with van der Waals surface area (Å²) in [5, 5.41) is 11.9. The van der Waals surface area contributed by atoms with Crippen LogP contribution in [0.3, 0.4) is 0 Å². The average Bonchev–Trinajstić information content (AvgIpc) is 3.26. The van der Waals surface area contributed by atoms with Crippen LogP contribution in [0.1, 0.15) is 28.9 Å². The summed E-state index contributed by atoms with van der Waals surface area (Å²) in [6.07, 6.45) is 2.52. The summed E-state index contributed by atoms with van der Waals surface area (Å²) < 4.78 is 6.87. The van der Waals surface area contributed by atoms with E-state index in [0.29, 0.717) is 40.2 Å². The Morgan fingerprint density at radius 3 is 2.66 bits per heavy atom. The van der Waals surface area contributed by atoms with Gasteiger partial charge in [-0.2, -0.15) is 0 Å². The third kappa shape index (κ3) is 3.80. The Balaban J connectivity index is 1.78. The normalized spacial score (nSPS) is 13.7. The highest BCUT2D eigenvalue weighted by Crippen LogP contribution is 2.39. The van der Waals surface area contributed by atoms with Gasteiger partial charge in [0.05, 0.1) is 18.4 Å². The molecule has 2 N–H and O–H groups in total. The zero-order chi connectivity index (χ0) is 22.8. The summed E-state index contributed by atoms with van der Waals surface area (Å²) in [7, 11) is 1.61. The number of hydrogen-bond donors (Lipinski definition) is 2. The molecule has 0 fully saturated rings. The summed E-state index contributed by atoms with van der Waals surface area (Å²) in [5.74, 6) is -0.472. The maximum Gasteiger partial charge on any atom is 0.303 e. The van der Waals surface area contributed by atoms with E-state index in [1.165, 1.54) is 4.57 Å². The van der Waals surface area contributed by atoms with Crippen LogP contribution in [-0.4, -0.2) is 35.1 Å². The quantitative estimate of drug-likeness (QED) is 0.436. The first-order valence-corrected chi connectivity index (χ1v) is 10.1. The number of fused-ring (bicyclic) bond motifs is 1. The Kier molecular flexibility index (Phi) is 5.64. The van der Waals surface area contributed by atoms with Crippen molar-refractivity contribution in [3.63, 3.8) is 0 Å². The zero-order valence-corrected chi connectivity index (χ0v) is 17.7. The number of aryl methyl sites for hydroxylation is 2. The van der Waals surface area contributed by atoms with Gasteiger partial charge in [0.1, 0.15) is 5.75 Å². The minimum atomic E-state index is -0.923. The number of amides is 1. The van der Waals surface area contributed by atoms with Crippen molar-refractivity contribution in [3.8, 4) is 16.9 Å². The van der Waals surface area contributed by atoms with Gasteiger partial charge < -0.3 is 15.2 Å². The lowest BCUT2D eigenvalue weighted by molar-refractivity contribution is -0.137. The second-order valence-electron chi connectivity index (χ2n) is 7.54. The first-order chi connectivity index (χ1) is 15.4. The van der Waals surface area contributed by atoms with Crippen LogP contribution >= 0.6 is 0 Å². The molecule has 162 valence electrons. The second kappa shape index (κ2) is 8.55. The second-order valence-corrected chi connectivity index (χ2v) is 7.54. The Labute approximate surface area is 184 Å². The van der Waals surface area contributed by atoms with E-state index in [-0.39, 0.29) is 18.7 Å². The topological polar surface area (TPSA) is 97.6 Å². The SMILES string of the molecule is COc1ccccc1-c1ccc2c(c1)NC(=O)C2=Cc1c(CCC(=O)O)cc(C)n1C=O. The molecule has 1 amide bonds. The molecule has 4 rings (SSSR count). The van der Waals surface area contributed by atoms with Crippen LogP contribution in [0, 0.1) is 6.92 Å². The molecule has 2 aromatic carbocycles. The van der Waals surface area contributed by atoms with Crippen molar-refractivity contribution in [2.45, 2.75) is 19.8 Å². The molecule has 2 heterocycles. The molecule has 7 nitrogen and oxygen atoms in total. The molecule has 32 heavy (non-hydrogen) atoms. The molecular formula is C25H22N2O5. The molecule has 0 saturated carbocycles. The van der Waals surface area contributed by atoms with E-state index in [1.54, 1.807) is 26.2 Å². The molecule has 0 spiro atoms. The van der Waals surface area contributed by atoms with Crippen molar-refractivity contribution in [2.75, 3.05) is 12.4 Å². The van der Waals surface area contributed by atoms with Crippen molar-refractivity contribution in [1.29, 1.82) is 0 Å². The number of para-hydroxylation sites is 1. The molecule has 0 bridgehead atoms. The Morgan fingerprint density at radius 2 is 1.94 bits per heavy atom. The van der Waals surface area contributed by atoms with Gasteiger partial charge in [0.15, 0.2) is 0 Å². The van der Waals surface area contributed by atoms with Gasteiger partial charge in [-0.25, -0.2) is 0 Å². The van der Waals surface area contributed by atoms with Crippen LogP contribution in [-0.2, 0) is 20.8 Å². The van der Waals surface area contributed by atoms with E-state index in [1.807, 2.05) is 42.5 Å². The minimum Gasteiger partial charge on any atom is -0.496 e. The lowest BCUT2D eigenvalue weighted by atomic mass is 9.99. The number of nitrogens with zero attached hydrogens (tertiary/aromatic N) is 1. The van der Waals surface area contributed by atoms with Crippen molar-refractivity contribution in [2.24, 2.45) is 0 Å². The van der Waals surface area contributed by atoms with Crippen molar-refractivity contribution in [1.82, 2.24) is 4.57 Å². The number of benzene rings is 2. The Morgan fingerprint density at radius 1 is 1.16 bits per heavy atom. The van der Waals surface area contributed by atoms with Gasteiger partial charge >= 0.3 is 5.97 Å². The zero-order valence-electron chi connectivity index (χ0n) is 17.7. The monoisotopic (exact) mass is 430 g/mol. The fourth-order valence-electron chi connectivity index (χ4n) is 4.01. The fourth-order valence-corrected chi connectivity index (χ4v) is 4.01. The third-order valence-corrected chi connectivity index (χ3v) is 5.57. The number of hydrogen-bond acceptors (Lipinski definition) is 4. The average molecular weight is 430 g/mol. The van der Waals surface area contributed by atoms with Crippen LogP contribution in [0.2, 0.25) is 0 Å². The predicted molar refractivity (Wildman–Crippen MR) is 122 cm³/mol. The lowest BCUT2D eigenvalue weighted by Gasteiger charge is -2.09. The molecule has 7 heteroatoms. The minimum absolute atomic E-state index is 0.0659. The van der Waals surface area contributed by atoms with E-state index >= 15 is 0 Å². The highest BCUT2D eigenvalue weighted by molar-refractivity contribution is 6.35. The maximum atomic E-state index is 12.8. The molecular weight excluding hydrogens is 408 g/mol. The molecule has 3 aromatic rings. The summed E-state index contributed by atoms with van der Waals surface area (Å²) in [6.45, 7) is 1.77. The van der Waals surface area contributed by atoms with Crippen molar-refractivity contribution < 1.29 is 24.2 Å². The number of anilines is 1. The standard InChI is InChI=1S/C25H22N2O5/c1-15-11-17(8-10-24(29)30)22(27(15)14-28)13-20-19-9-7-16(12-21(19)26-25(20)31)18-5-3-4-6-23(18)32-2/h3-7,9,11-14H,8,10H2,1-2H3,(H,26,31)(H,29,30). The van der Waals surface area contributed by atoms with Crippen LogP contribution in [0.4, 0.5) is 5.69 Å². The number of carboxylic acid groups (broad SMARTS) is 1. The van der Waals surface area contributed by atoms with Crippen LogP contribution in [0.5, 0.6) is 5.75 Å². The lowest BCUT2D eigenvalue weighted by Crippen LogP contribution is -2.06. The first-order valence-electron chi connectivity index (χ1n) is 10.1. The Bertz CT molecular complexity index is 1270. The fraction of sp³-hybridized carbons (Fsp3) is 0.160. The van der Waals surface area contributed by atoms with E-state index in [0.717, 1.165) is 16.9 Å². The number of aliphatic carboxylic acids is 1. The van der Waals surface area contributed by atoms with Crippen molar-refractivity contribution in [3.05, 3.63) is 71.0 Å². The van der Waals surface area contributed by atoms with Gasteiger partial charge in [-0.05, 0) is 48.7 Å². The van der Waals surface area contributed by atoms with Crippen LogP contribution in [0.25, 0.3) is 22.8 Å². The number of carboxylic acids is 1.